The molecule has 138 valence electrons. The van der Waals surface area contributed by atoms with Crippen molar-refractivity contribution in [3.05, 3.63) is 46.4 Å². The summed E-state index contributed by atoms with van der Waals surface area (Å²) in [5.74, 6) is 1.62. The molecule has 1 unspecified atom stereocenters. The number of rotatable bonds is 5. The zero-order valence-corrected chi connectivity index (χ0v) is 16.8. The number of halogens is 1. The molecule has 1 N–H and O–H groups in total. The second kappa shape index (κ2) is 7.99. The first-order chi connectivity index (χ1) is 12.5. The van der Waals surface area contributed by atoms with E-state index in [2.05, 4.69) is 45.2 Å². The van der Waals surface area contributed by atoms with E-state index in [1.165, 1.54) is 12.1 Å². The van der Waals surface area contributed by atoms with E-state index in [4.69, 9.17) is 9.47 Å². The molecule has 1 aliphatic heterocycles. The number of ether oxygens (including phenoxy) is 2. The normalized spacial score (nSPS) is 16.5. The predicted molar refractivity (Wildman–Crippen MR) is 108 cm³/mol. The summed E-state index contributed by atoms with van der Waals surface area (Å²) in [6.45, 7) is 4.45. The number of hydrogen-bond donors (Lipinski definition) is 1. The van der Waals surface area contributed by atoms with Crippen molar-refractivity contribution >= 4 is 33.2 Å². The summed E-state index contributed by atoms with van der Waals surface area (Å²) in [5.41, 5.74) is 2.42. The van der Waals surface area contributed by atoms with Crippen molar-refractivity contribution in [1.82, 2.24) is 0 Å². The van der Waals surface area contributed by atoms with Gasteiger partial charge in [-0.1, -0.05) is 6.92 Å². The predicted octanol–water partition coefficient (Wildman–Crippen LogP) is 4.56. The van der Waals surface area contributed by atoms with Gasteiger partial charge in [-0.25, -0.2) is 0 Å². The average Bonchev–Trinajstić information content (AvgIpc) is 3.08. The van der Waals surface area contributed by atoms with Crippen LogP contribution in [-0.4, -0.2) is 33.2 Å². The van der Waals surface area contributed by atoms with E-state index in [1.54, 1.807) is 26.4 Å². The molecule has 26 heavy (non-hydrogen) atoms. The first-order valence-corrected chi connectivity index (χ1v) is 9.39. The van der Waals surface area contributed by atoms with E-state index in [9.17, 15) is 4.79 Å². The molecule has 2 aromatic carbocycles. The van der Waals surface area contributed by atoms with E-state index in [0.717, 1.165) is 24.7 Å². The van der Waals surface area contributed by atoms with Gasteiger partial charge >= 0.3 is 0 Å². The van der Waals surface area contributed by atoms with Gasteiger partial charge in [0.25, 0.3) is 5.91 Å². The lowest BCUT2D eigenvalue weighted by Crippen LogP contribution is -2.19. The van der Waals surface area contributed by atoms with E-state index in [-0.39, 0.29) is 5.91 Å². The Bertz CT molecular complexity index is 767. The van der Waals surface area contributed by atoms with E-state index in [0.29, 0.717) is 21.5 Å². The van der Waals surface area contributed by atoms with Crippen LogP contribution < -0.4 is 19.7 Å². The summed E-state index contributed by atoms with van der Waals surface area (Å²) in [4.78, 5) is 15.0. The highest BCUT2D eigenvalue weighted by Gasteiger charge is 2.19. The molecule has 1 amide bonds. The van der Waals surface area contributed by atoms with Crippen molar-refractivity contribution in [1.29, 1.82) is 0 Å². The summed E-state index contributed by atoms with van der Waals surface area (Å²) >= 11 is 3.41. The van der Waals surface area contributed by atoms with Crippen LogP contribution >= 0.6 is 15.9 Å². The number of nitrogens with one attached hydrogen (secondary N) is 1. The number of carbonyl (C=O) groups excluding carboxylic acids is 1. The summed E-state index contributed by atoms with van der Waals surface area (Å²) in [6.07, 6.45) is 1.23. The molecular weight excluding hydrogens is 396 g/mol. The molecular formula is C20H23BrN2O3. The van der Waals surface area contributed by atoms with Gasteiger partial charge in [-0.3, -0.25) is 4.79 Å². The fourth-order valence-corrected chi connectivity index (χ4v) is 3.68. The third-order valence-electron chi connectivity index (χ3n) is 4.62. The molecule has 2 aromatic rings. The Morgan fingerprint density at radius 1 is 1.15 bits per heavy atom. The third-order valence-corrected chi connectivity index (χ3v) is 5.40. The van der Waals surface area contributed by atoms with Gasteiger partial charge in [-0.2, -0.15) is 0 Å². The smallest absolute Gasteiger partial charge is 0.255 e. The van der Waals surface area contributed by atoms with E-state index in [1.807, 2.05) is 12.1 Å². The van der Waals surface area contributed by atoms with Crippen LogP contribution in [0.3, 0.4) is 0 Å². The second-order valence-electron chi connectivity index (χ2n) is 6.54. The van der Waals surface area contributed by atoms with Gasteiger partial charge in [0.05, 0.1) is 14.2 Å². The molecule has 0 bridgehead atoms. The summed E-state index contributed by atoms with van der Waals surface area (Å²) in [6, 6.07) is 11.3. The molecule has 1 fully saturated rings. The maximum Gasteiger partial charge on any atom is 0.255 e. The highest BCUT2D eigenvalue weighted by molar-refractivity contribution is 9.10. The van der Waals surface area contributed by atoms with Crippen molar-refractivity contribution in [3.63, 3.8) is 0 Å². The number of hydrogen-bond acceptors (Lipinski definition) is 4. The maximum absolute atomic E-state index is 12.6. The van der Waals surface area contributed by atoms with Gasteiger partial charge in [0.2, 0.25) is 0 Å². The summed E-state index contributed by atoms with van der Waals surface area (Å²) < 4.78 is 11.3. The molecule has 5 nitrogen and oxygen atoms in total. The molecule has 3 rings (SSSR count). The van der Waals surface area contributed by atoms with Crippen LogP contribution in [0.1, 0.15) is 23.7 Å². The maximum atomic E-state index is 12.6. The monoisotopic (exact) mass is 418 g/mol. The quantitative estimate of drug-likeness (QED) is 0.772. The Hall–Kier alpha value is -2.21. The van der Waals surface area contributed by atoms with Crippen LogP contribution in [0, 0.1) is 5.92 Å². The standard InChI is InChI=1S/C20H23BrN2O3/c1-13-8-9-23(12-13)16-6-4-15(5-7-16)22-20(24)14-10-17(25-2)19(21)18(11-14)26-3/h4-7,10-11,13H,8-9,12H2,1-3H3,(H,22,24). The Morgan fingerprint density at radius 3 is 2.27 bits per heavy atom. The second-order valence-corrected chi connectivity index (χ2v) is 7.33. The average molecular weight is 419 g/mol. The number of anilines is 2. The fourth-order valence-electron chi connectivity index (χ4n) is 3.13. The van der Waals surface area contributed by atoms with Gasteiger partial charge in [0.15, 0.2) is 0 Å². The van der Waals surface area contributed by atoms with Crippen molar-refractivity contribution in [2.75, 3.05) is 37.5 Å². The number of amides is 1. The van der Waals surface area contributed by atoms with Crippen molar-refractivity contribution in [3.8, 4) is 11.5 Å². The van der Waals surface area contributed by atoms with Gasteiger partial charge in [-0.05, 0) is 64.7 Å². The molecule has 1 saturated heterocycles. The molecule has 0 aliphatic carbocycles. The fraction of sp³-hybridized carbons (Fsp3) is 0.350. The highest BCUT2D eigenvalue weighted by atomic mass is 79.9. The zero-order valence-electron chi connectivity index (χ0n) is 15.2. The first-order valence-electron chi connectivity index (χ1n) is 8.59. The van der Waals surface area contributed by atoms with Crippen LogP contribution in [-0.2, 0) is 0 Å². The molecule has 0 radical (unpaired) electrons. The first kappa shape index (κ1) is 18.6. The summed E-state index contributed by atoms with van der Waals surface area (Å²) in [7, 11) is 3.11. The minimum Gasteiger partial charge on any atom is -0.495 e. The molecule has 1 atom stereocenters. The van der Waals surface area contributed by atoms with E-state index >= 15 is 0 Å². The van der Waals surface area contributed by atoms with Crippen LogP contribution in [0.2, 0.25) is 0 Å². The highest BCUT2D eigenvalue weighted by Crippen LogP contribution is 2.35. The van der Waals surface area contributed by atoms with Crippen LogP contribution in [0.15, 0.2) is 40.9 Å². The Morgan fingerprint density at radius 2 is 1.77 bits per heavy atom. The lowest BCUT2D eigenvalue weighted by molar-refractivity contribution is 0.102. The Kier molecular flexibility index (Phi) is 5.71. The minimum atomic E-state index is -0.211. The number of benzene rings is 2. The number of carbonyl (C=O) groups is 1. The molecule has 0 aromatic heterocycles. The van der Waals surface area contributed by atoms with Crippen LogP contribution in [0.5, 0.6) is 11.5 Å². The lowest BCUT2D eigenvalue weighted by Gasteiger charge is -2.18. The van der Waals surface area contributed by atoms with E-state index < -0.39 is 0 Å². The van der Waals surface area contributed by atoms with Gasteiger partial charge in [0, 0.05) is 30.0 Å². The Labute approximate surface area is 162 Å². The Balaban J connectivity index is 1.74. The molecule has 1 heterocycles. The van der Waals surface area contributed by atoms with Gasteiger partial charge in [-0.15, -0.1) is 0 Å². The number of methoxy groups -OCH3 is 2. The molecule has 1 aliphatic rings. The van der Waals surface area contributed by atoms with Crippen LogP contribution in [0.25, 0.3) is 0 Å². The van der Waals surface area contributed by atoms with Crippen molar-refractivity contribution < 1.29 is 14.3 Å². The molecule has 0 spiro atoms. The minimum absolute atomic E-state index is 0.211. The number of nitrogens with zero attached hydrogens (tertiary/aromatic N) is 1. The molecule has 6 heteroatoms. The topological polar surface area (TPSA) is 50.8 Å². The van der Waals surface area contributed by atoms with Crippen LogP contribution in [0.4, 0.5) is 11.4 Å². The van der Waals surface area contributed by atoms with Crippen molar-refractivity contribution in [2.45, 2.75) is 13.3 Å². The lowest BCUT2D eigenvalue weighted by atomic mass is 10.1. The van der Waals surface area contributed by atoms with Crippen molar-refractivity contribution in [2.24, 2.45) is 5.92 Å². The molecule has 0 saturated carbocycles. The van der Waals surface area contributed by atoms with Gasteiger partial charge < -0.3 is 19.7 Å². The largest absolute Gasteiger partial charge is 0.495 e. The SMILES string of the molecule is COc1cc(C(=O)Nc2ccc(N3CCC(C)C3)cc2)cc(OC)c1Br. The summed E-state index contributed by atoms with van der Waals surface area (Å²) in [5, 5.41) is 2.92. The van der Waals surface area contributed by atoms with Gasteiger partial charge in [0.1, 0.15) is 16.0 Å². The third kappa shape index (κ3) is 3.96. The zero-order chi connectivity index (χ0) is 18.7.